The number of hydrogen-bond donors (Lipinski definition) is 1. The van der Waals surface area contributed by atoms with Crippen LogP contribution >= 0.6 is 11.6 Å². The first-order chi connectivity index (χ1) is 8.70. The highest BCUT2D eigenvalue weighted by molar-refractivity contribution is 6.32. The molecule has 0 amide bonds. The first-order valence-corrected chi connectivity index (χ1v) is 5.75. The van der Waals surface area contributed by atoms with Gasteiger partial charge in [-0.1, -0.05) is 23.7 Å². The molecule has 5 heteroatoms. The fourth-order valence-corrected chi connectivity index (χ4v) is 1.71. The van der Waals surface area contributed by atoms with Crippen LogP contribution in [0.2, 0.25) is 5.02 Å². The second kappa shape index (κ2) is 5.60. The van der Waals surface area contributed by atoms with Crippen molar-refractivity contribution in [2.24, 2.45) is 0 Å². The zero-order valence-electron chi connectivity index (χ0n) is 9.89. The van der Waals surface area contributed by atoms with Gasteiger partial charge in [-0.15, -0.1) is 0 Å². The van der Waals surface area contributed by atoms with E-state index in [4.69, 9.17) is 26.8 Å². The lowest BCUT2D eigenvalue weighted by Gasteiger charge is -2.10. The maximum atomic E-state index is 6.00. The minimum Gasteiger partial charge on any atom is -0.484 e. The van der Waals surface area contributed by atoms with Gasteiger partial charge in [0.25, 0.3) is 0 Å². The molecule has 1 aromatic heterocycles. The summed E-state index contributed by atoms with van der Waals surface area (Å²) >= 11 is 6.00. The molecule has 0 unspecified atom stereocenters. The van der Waals surface area contributed by atoms with E-state index < -0.39 is 0 Å². The molecule has 1 aromatic carbocycles. The summed E-state index contributed by atoms with van der Waals surface area (Å²) in [5.74, 6) is 1.02. The molecule has 0 aliphatic carbocycles. The van der Waals surface area contributed by atoms with Crippen LogP contribution in [0.3, 0.4) is 0 Å². The predicted octanol–water partition coefficient (Wildman–Crippen LogP) is 2.90. The van der Waals surface area contributed by atoms with Crippen molar-refractivity contribution in [3.8, 4) is 11.6 Å². The molecule has 18 heavy (non-hydrogen) atoms. The molecular formula is C13H13ClN2O2. The van der Waals surface area contributed by atoms with Crippen molar-refractivity contribution < 1.29 is 9.47 Å². The van der Waals surface area contributed by atoms with Crippen LogP contribution in [0.1, 0.15) is 5.69 Å². The van der Waals surface area contributed by atoms with Gasteiger partial charge in [-0.2, -0.15) is 0 Å². The number of benzene rings is 1. The number of methoxy groups -OCH3 is 1. The Morgan fingerprint density at radius 3 is 2.72 bits per heavy atom. The van der Waals surface area contributed by atoms with E-state index in [1.807, 2.05) is 12.1 Å². The van der Waals surface area contributed by atoms with Gasteiger partial charge in [-0.05, 0) is 18.2 Å². The number of nitrogen functional groups attached to an aromatic ring is 1. The Labute approximate surface area is 110 Å². The Bertz CT molecular complexity index is 526. The first-order valence-electron chi connectivity index (χ1n) is 5.37. The highest BCUT2D eigenvalue weighted by Crippen LogP contribution is 2.31. The van der Waals surface area contributed by atoms with Crippen molar-refractivity contribution in [3.05, 3.63) is 47.1 Å². The average Bonchev–Trinajstić information content (AvgIpc) is 2.38. The summed E-state index contributed by atoms with van der Waals surface area (Å²) in [6, 6.07) is 10.7. The molecule has 0 aliphatic heterocycles. The topological polar surface area (TPSA) is 57.4 Å². The highest BCUT2D eigenvalue weighted by atomic mass is 35.5. The normalized spacial score (nSPS) is 10.1. The number of ether oxygens (including phenoxy) is 2. The van der Waals surface area contributed by atoms with Gasteiger partial charge in [-0.25, -0.2) is 4.98 Å². The molecule has 0 aliphatic rings. The second-order valence-electron chi connectivity index (χ2n) is 3.62. The molecule has 0 saturated heterocycles. The molecular weight excluding hydrogens is 252 g/mol. The zero-order valence-corrected chi connectivity index (χ0v) is 10.6. The number of rotatable bonds is 4. The molecule has 0 spiro atoms. The van der Waals surface area contributed by atoms with Gasteiger partial charge in [0.15, 0.2) is 5.75 Å². The van der Waals surface area contributed by atoms with Crippen LogP contribution in [0.5, 0.6) is 11.6 Å². The van der Waals surface area contributed by atoms with Crippen molar-refractivity contribution in [3.63, 3.8) is 0 Å². The molecule has 0 saturated carbocycles. The molecule has 2 aromatic rings. The maximum Gasteiger partial charge on any atom is 0.213 e. The summed E-state index contributed by atoms with van der Waals surface area (Å²) in [6.45, 7) is 0.283. The Kier molecular flexibility index (Phi) is 3.89. The van der Waals surface area contributed by atoms with E-state index in [9.17, 15) is 0 Å². The molecule has 1 heterocycles. The Balaban J connectivity index is 2.11. The first kappa shape index (κ1) is 12.5. The highest BCUT2D eigenvalue weighted by Gasteiger charge is 2.06. The molecule has 2 N–H and O–H groups in total. The van der Waals surface area contributed by atoms with Gasteiger partial charge in [0.05, 0.1) is 23.5 Å². The van der Waals surface area contributed by atoms with Gasteiger partial charge in [-0.3, -0.25) is 0 Å². The van der Waals surface area contributed by atoms with E-state index in [0.29, 0.717) is 22.3 Å². The van der Waals surface area contributed by atoms with Crippen LogP contribution in [0.25, 0.3) is 0 Å². The van der Waals surface area contributed by atoms with E-state index in [1.54, 1.807) is 31.4 Å². The zero-order chi connectivity index (χ0) is 13.0. The van der Waals surface area contributed by atoms with Crippen molar-refractivity contribution in [2.75, 3.05) is 12.8 Å². The van der Waals surface area contributed by atoms with Crippen LogP contribution in [-0.2, 0) is 6.61 Å². The number of pyridine rings is 1. The van der Waals surface area contributed by atoms with Crippen molar-refractivity contribution >= 4 is 17.3 Å². The summed E-state index contributed by atoms with van der Waals surface area (Å²) < 4.78 is 10.6. The number of nitrogens with two attached hydrogens (primary N) is 1. The van der Waals surface area contributed by atoms with Gasteiger partial charge < -0.3 is 15.2 Å². The second-order valence-corrected chi connectivity index (χ2v) is 4.03. The van der Waals surface area contributed by atoms with Crippen LogP contribution in [0, 0.1) is 0 Å². The lowest BCUT2D eigenvalue weighted by Crippen LogP contribution is -2.02. The molecule has 94 valence electrons. The smallest absolute Gasteiger partial charge is 0.213 e. The largest absolute Gasteiger partial charge is 0.484 e. The molecule has 2 rings (SSSR count). The van der Waals surface area contributed by atoms with E-state index in [2.05, 4.69) is 4.98 Å². The van der Waals surface area contributed by atoms with Crippen LogP contribution < -0.4 is 15.2 Å². The molecule has 0 fully saturated rings. The average molecular weight is 265 g/mol. The van der Waals surface area contributed by atoms with Crippen molar-refractivity contribution in [1.29, 1.82) is 0 Å². The van der Waals surface area contributed by atoms with E-state index in [0.717, 1.165) is 5.69 Å². The van der Waals surface area contributed by atoms with E-state index in [1.165, 1.54) is 0 Å². The Morgan fingerprint density at radius 2 is 2.00 bits per heavy atom. The molecule has 0 radical (unpaired) electrons. The van der Waals surface area contributed by atoms with Crippen LogP contribution in [0.15, 0.2) is 36.4 Å². The van der Waals surface area contributed by atoms with Gasteiger partial charge in [0.2, 0.25) is 5.88 Å². The fourth-order valence-electron chi connectivity index (χ4n) is 1.48. The van der Waals surface area contributed by atoms with Crippen LogP contribution in [-0.4, -0.2) is 12.1 Å². The van der Waals surface area contributed by atoms with Crippen molar-refractivity contribution in [2.45, 2.75) is 6.61 Å². The predicted molar refractivity (Wildman–Crippen MR) is 71.0 cm³/mol. The lowest BCUT2D eigenvalue weighted by atomic mass is 10.3. The number of anilines is 1. The standard InChI is InChI=1S/C13H13ClN2O2/c1-17-12-7-2-4-9(16-12)8-18-13-10(14)5-3-6-11(13)15/h2-7H,8,15H2,1H3. The third-order valence-corrected chi connectivity index (χ3v) is 2.65. The third-order valence-electron chi connectivity index (χ3n) is 2.35. The monoisotopic (exact) mass is 264 g/mol. The van der Waals surface area contributed by atoms with Crippen molar-refractivity contribution in [1.82, 2.24) is 4.98 Å². The summed E-state index contributed by atoms with van der Waals surface area (Å²) in [7, 11) is 1.57. The van der Waals surface area contributed by atoms with Gasteiger partial charge >= 0.3 is 0 Å². The molecule has 4 nitrogen and oxygen atoms in total. The molecule has 0 atom stereocenters. The summed E-state index contributed by atoms with van der Waals surface area (Å²) in [6.07, 6.45) is 0. The summed E-state index contributed by atoms with van der Waals surface area (Å²) in [5, 5.41) is 0.484. The minimum atomic E-state index is 0.283. The Hall–Kier alpha value is -1.94. The van der Waals surface area contributed by atoms with Gasteiger partial charge in [0, 0.05) is 6.07 Å². The van der Waals surface area contributed by atoms with Crippen LogP contribution in [0.4, 0.5) is 5.69 Å². The number of hydrogen-bond acceptors (Lipinski definition) is 4. The minimum absolute atomic E-state index is 0.283. The third kappa shape index (κ3) is 2.84. The van der Waals surface area contributed by atoms with E-state index >= 15 is 0 Å². The number of nitrogens with zero attached hydrogens (tertiary/aromatic N) is 1. The van der Waals surface area contributed by atoms with E-state index in [-0.39, 0.29) is 6.61 Å². The Morgan fingerprint density at radius 1 is 1.22 bits per heavy atom. The number of para-hydroxylation sites is 1. The lowest BCUT2D eigenvalue weighted by molar-refractivity contribution is 0.300. The summed E-state index contributed by atoms with van der Waals surface area (Å²) in [4.78, 5) is 4.23. The number of halogens is 1. The fraction of sp³-hybridized carbons (Fsp3) is 0.154. The SMILES string of the molecule is COc1cccc(COc2c(N)cccc2Cl)n1. The number of aromatic nitrogens is 1. The molecule has 0 bridgehead atoms. The summed E-state index contributed by atoms with van der Waals surface area (Å²) in [5.41, 5.74) is 7.04. The maximum absolute atomic E-state index is 6.00. The quantitative estimate of drug-likeness (QED) is 0.863. The van der Waals surface area contributed by atoms with Gasteiger partial charge in [0.1, 0.15) is 6.61 Å².